The van der Waals surface area contributed by atoms with E-state index in [9.17, 15) is 0 Å². The van der Waals surface area contributed by atoms with E-state index >= 15 is 0 Å². The molecule has 0 saturated carbocycles. The molecule has 0 N–H and O–H groups in total. The van der Waals surface area contributed by atoms with Crippen molar-refractivity contribution < 1.29 is 0 Å². The maximum absolute atomic E-state index is 4.78. The lowest BCUT2D eigenvalue weighted by molar-refractivity contribution is 1.18. The van der Waals surface area contributed by atoms with E-state index in [4.69, 9.17) is 4.98 Å². The molecule has 0 radical (unpaired) electrons. The van der Waals surface area contributed by atoms with Crippen molar-refractivity contribution in [2.24, 2.45) is 0 Å². The summed E-state index contributed by atoms with van der Waals surface area (Å²) in [6.07, 6.45) is 0. The first-order valence-corrected chi connectivity index (χ1v) is 8.50. The molecule has 0 aliphatic heterocycles. The zero-order valence-corrected chi connectivity index (χ0v) is 16.6. The molecule has 17 heavy (non-hydrogen) atoms. The number of benzene rings is 1. The van der Waals surface area contributed by atoms with Gasteiger partial charge in [-0.3, -0.25) is 4.98 Å². The first-order valence-electron chi connectivity index (χ1n) is 5.26. The first kappa shape index (κ1) is 14.2. The number of nitrogens with zero attached hydrogens (tertiary/aromatic N) is 1. The number of fused-ring (bicyclic) bond motifs is 1. The number of pyridine rings is 1. The normalized spacial score (nSPS) is 11.2. The van der Waals surface area contributed by atoms with E-state index in [1.165, 1.54) is 38.3 Å². The number of aromatic nitrogens is 1. The fraction of sp³-hybridized carbons (Fsp3) is 0.308. The van der Waals surface area contributed by atoms with Gasteiger partial charge in [-0.25, -0.2) is 0 Å². The van der Waals surface area contributed by atoms with Crippen molar-refractivity contribution in [3.05, 3.63) is 33.1 Å². The third kappa shape index (κ3) is 2.22. The Kier molecular flexibility index (Phi) is 4.24. The second-order valence-electron chi connectivity index (χ2n) is 4.24. The summed E-state index contributed by atoms with van der Waals surface area (Å²) in [5, 5.41) is 1.34. The lowest BCUT2D eigenvalue weighted by Crippen LogP contribution is -2.01. The lowest BCUT2D eigenvalue weighted by Gasteiger charge is -2.15. The third-order valence-corrected chi connectivity index (χ3v) is 8.44. The Bertz CT molecular complexity index is 625. The van der Waals surface area contributed by atoms with Crippen LogP contribution in [0.2, 0.25) is 0 Å². The third-order valence-electron chi connectivity index (χ3n) is 3.12. The second kappa shape index (κ2) is 5.07. The Hall–Kier alpha value is 0.820. The van der Waals surface area contributed by atoms with Crippen molar-refractivity contribution in [3.63, 3.8) is 0 Å². The molecule has 1 aromatic heterocycles. The van der Waals surface area contributed by atoms with Gasteiger partial charge in [0, 0.05) is 16.1 Å². The Balaban J connectivity index is 3.12. The van der Waals surface area contributed by atoms with Crippen molar-refractivity contribution in [1.29, 1.82) is 0 Å². The van der Waals surface area contributed by atoms with Crippen molar-refractivity contribution in [3.8, 4) is 0 Å². The Morgan fingerprint density at radius 3 is 1.76 bits per heavy atom. The highest BCUT2D eigenvalue weighted by Gasteiger charge is 2.16. The van der Waals surface area contributed by atoms with Crippen LogP contribution in [0.15, 0.2) is 0 Å². The summed E-state index contributed by atoms with van der Waals surface area (Å²) in [5.41, 5.74) is 6.33. The average molecular weight is 563 g/mol. The Labute approximate surface area is 143 Å². The first-order chi connectivity index (χ1) is 7.86. The number of hydrogen-bond donors (Lipinski definition) is 0. The van der Waals surface area contributed by atoms with Gasteiger partial charge in [0.05, 0.1) is 11.2 Å². The number of aryl methyl sites for hydroxylation is 4. The van der Waals surface area contributed by atoms with E-state index in [0.29, 0.717) is 0 Å². The van der Waals surface area contributed by atoms with Crippen LogP contribution < -0.4 is 0 Å². The highest BCUT2D eigenvalue weighted by atomic mass is 127. The largest absolute Gasteiger partial charge is 0.252 e. The van der Waals surface area contributed by atoms with Crippen LogP contribution in [0.5, 0.6) is 0 Å². The van der Waals surface area contributed by atoms with Gasteiger partial charge in [0.15, 0.2) is 0 Å². The highest BCUT2D eigenvalue weighted by molar-refractivity contribution is 14.1. The van der Waals surface area contributed by atoms with Crippen LogP contribution in [0.1, 0.15) is 22.4 Å². The summed E-state index contributed by atoms with van der Waals surface area (Å²) in [4.78, 5) is 4.78. The highest BCUT2D eigenvalue weighted by Crippen LogP contribution is 2.34. The molecular formula is C13H12I3N. The SMILES string of the molecule is Cc1nc2c(C)c(I)c(I)c(C)c2c(C)c1I. The second-order valence-corrected chi connectivity index (χ2v) is 7.47. The van der Waals surface area contributed by atoms with E-state index in [0.717, 1.165) is 5.69 Å². The summed E-state index contributed by atoms with van der Waals surface area (Å²) in [7, 11) is 0. The molecule has 0 spiro atoms. The van der Waals surface area contributed by atoms with Gasteiger partial charge in [-0.15, -0.1) is 0 Å². The molecule has 2 aromatic rings. The van der Waals surface area contributed by atoms with Crippen LogP contribution in [-0.2, 0) is 0 Å². The lowest BCUT2D eigenvalue weighted by atomic mass is 10.0. The van der Waals surface area contributed by atoms with Crippen LogP contribution in [0.3, 0.4) is 0 Å². The predicted molar refractivity (Wildman–Crippen MR) is 98.8 cm³/mol. The molecule has 0 aliphatic rings. The molecule has 4 heteroatoms. The number of hydrogen-bond acceptors (Lipinski definition) is 1. The van der Waals surface area contributed by atoms with E-state index in [-0.39, 0.29) is 0 Å². The van der Waals surface area contributed by atoms with Crippen molar-refractivity contribution >= 4 is 78.7 Å². The molecule has 0 atom stereocenters. The van der Waals surface area contributed by atoms with Crippen molar-refractivity contribution in [2.75, 3.05) is 0 Å². The maximum atomic E-state index is 4.78. The fourth-order valence-corrected chi connectivity index (χ4v) is 3.83. The summed E-state index contributed by atoms with van der Waals surface area (Å²) in [6, 6.07) is 0. The maximum Gasteiger partial charge on any atom is 0.0751 e. The van der Waals surface area contributed by atoms with E-state index in [1.807, 2.05) is 0 Å². The Morgan fingerprint density at radius 1 is 0.706 bits per heavy atom. The summed E-state index contributed by atoms with van der Waals surface area (Å²) < 4.78 is 3.98. The molecule has 1 aromatic carbocycles. The van der Waals surface area contributed by atoms with Gasteiger partial charge in [0.1, 0.15) is 0 Å². The molecule has 0 fully saturated rings. The molecule has 0 aliphatic carbocycles. The van der Waals surface area contributed by atoms with E-state index in [1.54, 1.807) is 0 Å². The Morgan fingerprint density at radius 2 is 1.18 bits per heavy atom. The van der Waals surface area contributed by atoms with Crippen LogP contribution in [0.4, 0.5) is 0 Å². The summed E-state index contributed by atoms with van der Waals surface area (Å²) in [6.45, 7) is 8.66. The molecule has 0 bridgehead atoms. The standard InChI is InChI=1S/C13H12I3N/c1-5-9-6(2)11(15)12(16)7(3)13(9)17-8(4)10(5)14/h1-4H3. The average Bonchev–Trinajstić information content (AvgIpc) is 2.30. The van der Waals surface area contributed by atoms with E-state index in [2.05, 4.69) is 95.5 Å². The smallest absolute Gasteiger partial charge is 0.0751 e. The minimum atomic E-state index is 1.13. The molecule has 1 heterocycles. The molecule has 1 nitrogen and oxygen atoms in total. The van der Waals surface area contributed by atoms with E-state index < -0.39 is 0 Å². The molecule has 0 amide bonds. The van der Waals surface area contributed by atoms with Gasteiger partial charge in [-0.05, 0) is 112 Å². The monoisotopic (exact) mass is 563 g/mol. The zero-order valence-electron chi connectivity index (χ0n) is 10.1. The fourth-order valence-electron chi connectivity index (χ4n) is 2.10. The zero-order chi connectivity index (χ0) is 12.9. The van der Waals surface area contributed by atoms with Crippen LogP contribution in [0.25, 0.3) is 10.9 Å². The minimum absolute atomic E-state index is 1.13. The minimum Gasteiger partial charge on any atom is -0.252 e. The quantitative estimate of drug-likeness (QED) is 0.398. The van der Waals surface area contributed by atoms with Crippen LogP contribution in [0, 0.1) is 38.4 Å². The molecule has 90 valence electrons. The summed E-state index contributed by atoms with van der Waals surface area (Å²) >= 11 is 7.27. The molecule has 2 rings (SSSR count). The molecule has 0 unspecified atom stereocenters. The van der Waals surface area contributed by atoms with Crippen LogP contribution in [-0.4, -0.2) is 4.98 Å². The van der Waals surface area contributed by atoms with Crippen molar-refractivity contribution in [2.45, 2.75) is 27.7 Å². The van der Waals surface area contributed by atoms with Gasteiger partial charge in [-0.1, -0.05) is 0 Å². The number of halogens is 3. The molecule has 0 saturated heterocycles. The van der Waals surface area contributed by atoms with Gasteiger partial charge in [0.2, 0.25) is 0 Å². The van der Waals surface area contributed by atoms with Crippen molar-refractivity contribution in [1.82, 2.24) is 4.98 Å². The topological polar surface area (TPSA) is 12.9 Å². The summed E-state index contributed by atoms with van der Waals surface area (Å²) in [5.74, 6) is 0. The predicted octanol–water partition coefficient (Wildman–Crippen LogP) is 5.28. The van der Waals surface area contributed by atoms with Gasteiger partial charge >= 0.3 is 0 Å². The van der Waals surface area contributed by atoms with Gasteiger partial charge in [-0.2, -0.15) is 0 Å². The van der Waals surface area contributed by atoms with Crippen LogP contribution >= 0.6 is 67.8 Å². The van der Waals surface area contributed by atoms with Gasteiger partial charge < -0.3 is 0 Å². The number of rotatable bonds is 0. The van der Waals surface area contributed by atoms with Gasteiger partial charge in [0.25, 0.3) is 0 Å². The molecular weight excluding hydrogens is 551 g/mol.